The normalized spacial score (nSPS) is 10.4. The molecule has 1 aromatic heterocycles. The summed E-state index contributed by atoms with van der Waals surface area (Å²) in [5, 5.41) is 3.00. The fourth-order valence-electron chi connectivity index (χ4n) is 1.59. The SMILES string of the molecule is CNc1ccnc(-c2ccc(OC(C)C)cc2)n1. The van der Waals surface area contributed by atoms with Crippen molar-refractivity contribution in [1.82, 2.24) is 9.97 Å². The molecule has 0 spiro atoms. The minimum absolute atomic E-state index is 0.180. The number of hydrogen-bond acceptors (Lipinski definition) is 4. The van der Waals surface area contributed by atoms with E-state index in [0.717, 1.165) is 17.1 Å². The number of hydrogen-bond donors (Lipinski definition) is 1. The van der Waals surface area contributed by atoms with Gasteiger partial charge in [-0.1, -0.05) is 0 Å². The fourth-order valence-corrected chi connectivity index (χ4v) is 1.59. The van der Waals surface area contributed by atoms with Crippen LogP contribution in [-0.4, -0.2) is 23.1 Å². The van der Waals surface area contributed by atoms with E-state index in [0.29, 0.717) is 5.82 Å². The van der Waals surface area contributed by atoms with Crippen molar-refractivity contribution in [3.8, 4) is 17.1 Å². The van der Waals surface area contributed by atoms with E-state index in [4.69, 9.17) is 4.74 Å². The highest BCUT2D eigenvalue weighted by Crippen LogP contribution is 2.20. The van der Waals surface area contributed by atoms with Gasteiger partial charge in [0, 0.05) is 18.8 Å². The Hall–Kier alpha value is -2.10. The molecule has 0 saturated carbocycles. The summed E-state index contributed by atoms with van der Waals surface area (Å²) in [6.45, 7) is 4.01. The highest BCUT2D eigenvalue weighted by molar-refractivity contribution is 5.57. The summed E-state index contributed by atoms with van der Waals surface area (Å²) in [6, 6.07) is 9.63. The Bertz CT molecular complexity index is 509. The van der Waals surface area contributed by atoms with Crippen LogP contribution in [0.1, 0.15) is 13.8 Å². The first kappa shape index (κ1) is 12.4. The summed E-state index contributed by atoms with van der Waals surface area (Å²) in [5.74, 6) is 2.37. The van der Waals surface area contributed by atoms with Crippen LogP contribution in [0.2, 0.25) is 0 Å². The van der Waals surface area contributed by atoms with Gasteiger partial charge in [-0.25, -0.2) is 9.97 Å². The van der Waals surface area contributed by atoms with Gasteiger partial charge in [-0.2, -0.15) is 0 Å². The smallest absolute Gasteiger partial charge is 0.161 e. The quantitative estimate of drug-likeness (QED) is 0.896. The molecule has 4 heteroatoms. The van der Waals surface area contributed by atoms with Gasteiger partial charge in [-0.15, -0.1) is 0 Å². The standard InChI is InChI=1S/C14H17N3O/c1-10(2)18-12-6-4-11(5-7-12)14-16-9-8-13(15-3)17-14/h4-10H,1-3H3,(H,15,16,17). The third-order valence-corrected chi connectivity index (χ3v) is 2.40. The second kappa shape index (κ2) is 5.49. The van der Waals surface area contributed by atoms with Crippen LogP contribution < -0.4 is 10.1 Å². The molecule has 2 rings (SSSR count). The largest absolute Gasteiger partial charge is 0.491 e. The number of benzene rings is 1. The molecule has 0 aliphatic carbocycles. The number of ether oxygens (including phenoxy) is 1. The monoisotopic (exact) mass is 243 g/mol. The van der Waals surface area contributed by atoms with Gasteiger partial charge >= 0.3 is 0 Å². The van der Waals surface area contributed by atoms with Gasteiger partial charge in [0.2, 0.25) is 0 Å². The number of nitrogens with zero attached hydrogens (tertiary/aromatic N) is 2. The van der Waals surface area contributed by atoms with Gasteiger partial charge in [0.05, 0.1) is 6.10 Å². The molecular weight excluding hydrogens is 226 g/mol. The van der Waals surface area contributed by atoms with Crippen LogP contribution in [0, 0.1) is 0 Å². The second-order valence-corrected chi connectivity index (χ2v) is 4.21. The first-order valence-electron chi connectivity index (χ1n) is 5.97. The number of anilines is 1. The lowest BCUT2D eigenvalue weighted by molar-refractivity contribution is 0.242. The van der Waals surface area contributed by atoms with E-state index in [9.17, 15) is 0 Å². The average molecular weight is 243 g/mol. The highest BCUT2D eigenvalue weighted by atomic mass is 16.5. The van der Waals surface area contributed by atoms with Crippen molar-refractivity contribution < 1.29 is 4.74 Å². The van der Waals surface area contributed by atoms with E-state index >= 15 is 0 Å². The number of aromatic nitrogens is 2. The molecule has 0 atom stereocenters. The molecule has 0 unspecified atom stereocenters. The Morgan fingerprint density at radius 1 is 1.11 bits per heavy atom. The fraction of sp³-hybridized carbons (Fsp3) is 0.286. The molecule has 0 aliphatic rings. The van der Waals surface area contributed by atoms with E-state index < -0.39 is 0 Å². The highest BCUT2D eigenvalue weighted by Gasteiger charge is 2.03. The Morgan fingerprint density at radius 2 is 1.83 bits per heavy atom. The maximum absolute atomic E-state index is 5.60. The van der Waals surface area contributed by atoms with Gasteiger partial charge in [0.1, 0.15) is 11.6 Å². The molecule has 1 heterocycles. The van der Waals surface area contributed by atoms with Crippen molar-refractivity contribution in [2.75, 3.05) is 12.4 Å². The molecule has 18 heavy (non-hydrogen) atoms. The maximum Gasteiger partial charge on any atom is 0.161 e. The predicted octanol–water partition coefficient (Wildman–Crippen LogP) is 2.97. The zero-order chi connectivity index (χ0) is 13.0. The van der Waals surface area contributed by atoms with Crippen LogP contribution in [0.15, 0.2) is 36.5 Å². The van der Waals surface area contributed by atoms with Crippen molar-refractivity contribution in [3.05, 3.63) is 36.5 Å². The molecule has 0 fully saturated rings. The van der Waals surface area contributed by atoms with Gasteiger partial charge in [0.15, 0.2) is 5.82 Å². The van der Waals surface area contributed by atoms with E-state index in [1.54, 1.807) is 6.20 Å². The molecule has 0 saturated heterocycles. The molecule has 0 radical (unpaired) electrons. The number of rotatable bonds is 4. The molecule has 94 valence electrons. The predicted molar refractivity (Wildman–Crippen MR) is 72.8 cm³/mol. The average Bonchev–Trinajstić information content (AvgIpc) is 2.39. The van der Waals surface area contributed by atoms with Crippen molar-refractivity contribution in [3.63, 3.8) is 0 Å². The summed E-state index contributed by atoms with van der Waals surface area (Å²) >= 11 is 0. The first-order chi connectivity index (χ1) is 8.69. The van der Waals surface area contributed by atoms with Crippen LogP contribution in [-0.2, 0) is 0 Å². The topological polar surface area (TPSA) is 47.0 Å². The first-order valence-corrected chi connectivity index (χ1v) is 5.97. The second-order valence-electron chi connectivity index (χ2n) is 4.21. The molecule has 4 nitrogen and oxygen atoms in total. The lowest BCUT2D eigenvalue weighted by atomic mass is 10.2. The van der Waals surface area contributed by atoms with E-state index in [1.165, 1.54) is 0 Å². The van der Waals surface area contributed by atoms with Gasteiger partial charge < -0.3 is 10.1 Å². The summed E-state index contributed by atoms with van der Waals surface area (Å²) in [7, 11) is 1.84. The van der Waals surface area contributed by atoms with Crippen molar-refractivity contribution in [2.24, 2.45) is 0 Å². The molecule has 1 aromatic carbocycles. The van der Waals surface area contributed by atoms with Crippen LogP contribution in [0.25, 0.3) is 11.4 Å². The lowest BCUT2D eigenvalue weighted by Gasteiger charge is -2.10. The Labute approximate surface area is 107 Å². The minimum atomic E-state index is 0.180. The minimum Gasteiger partial charge on any atom is -0.491 e. The zero-order valence-corrected chi connectivity index (χ0v) is 10.8. The Kier molecular flexibility index (Phi) is 3.77. The summed E-state index contributed by atoms with van der Waals surface area (Å²) in [6.07, 6.45) is 1.92. The summed E-state index contributed by atoms with van der Waals surface area (Å²) in [5.41, 5.74) is 0.975. The van der Waals surface area contributed by atoms with Crippen molar-refractivity contribution in [2.45, 2.75) is 20.0 Å². The molecule has 2 aromatic rings. The lowest BCUT2D eigenvalue weighted by Crippen LogP contribution is -2.05. The molecule has 1 N–H and O–H groups in total. The Morgan fingerprint density at radius 3 is 2.44 bits per heavy atom. The molecule has 0 aliphatic heterocycles. The van der Waals surface area contributed by atoms with Crippen molar-refractivity contribution in [1.29, 1.82) is 0 Å². The van der Waals surface area contributed by atoms with Crippen LogP contribution in [0.3, 0.4) is 0 Å². The molecular formula is C14H17N3O. The van der Waals surface area contributed by atoms with Crippen molar-refractivity contribution >= 4 is 5.82 Å². The third kappa shape index (κ3) is 2.97. The maximum atomic E-state index is 5.60. The van der Waals surface area contributed by atoms with Gasteiger partial charge in [-0.3, -0.25) is 0 Å². The van der Waals surface area contributed by atoms with E-state index in [2.05, 4.69) is 15.3 Å². The van der Waals surface area contributed by atoms with Gasteiger partial charge in [0.25, 0.3) is 0 Å². The van der Waals surface area contributed by atoms with Crippen LogP contribution in [0.5, 0.6) is 5.75 Å². The molecule has 0 bridgehead atoms. The van der Waals surface area contributed by atoms with Crippen LogP contribution in [0.4, 0.5) is 5.82 Å². The number of nitrogens with one attached hydrogen (secondary N) is 1. The van der Waals surface area contributed by atoms with E-state index in [1.807, 2.05) is 51.2 Å². The Balaban J connectivity index is 2.22. The summed E-state index contributed by atoms with van der Waals surface area (Å²) in [4.78, 5) is 8.65. The summed E-state index contributed by atoms with van der Waals surface area (Å²) < 4.78 is 5.60. The van der Waals surface area contributed by atoms with Crippen LogP contribution >= 0.6 is 0 Å². The third-order valence-electron chi connectivity index (χ3n) is 2.40. The zero-order valence-electron chi connectivity index (χ0n) is 10.8. The molecule has 0 amide bonds. The van der Waals surface area contributed by atoms with Gasteiger partial charge in [-0.05, 0) is 44.2 Å². The van der Waals surface area contributed by atoms with E-state index in [-0.39, 0.29) is 6.10 Å².